The highest BCUT2D eigenvalue weighted by atomic mass is 16.1. The summed E-state index contributed by atoms with van der Waals surface area (Å²) in [6.07, 6.45) is 6.37. The van der Waals surface area contributed by atoms with Crippen LogP contribution in [0.5, 0.6) is 0 Å². The Hall–Kier alpha value is -0.530. The summed E-state index contributed by atoms with van der Waals surface area (Å²) in [6, 6.07) is 0. The smallest absolute Gasteiger partial charge is 0.220 e. The summed E-state index contributed by atoms with van der Waals surface area (Å²) >= 11 is 0. The van der Waals surface area contributed by atoms with Crippen molar-refractivity contribution in [2.24, 2.45) is 22.2 Å². The molecule has 1 unspecified atom stereocenters. The first-order valence-corrected chi connectivity index (χ1v) is 10.4. The molecule has 0 aliphatic heterocycles. The maximum Gasteiger partial charge on any atom is 0.220 e. The van der Waals surface area contributed by atoms with Crippen LogP contribution in [0.3, 0.4) is 0 Å². The Morgan fingerprint density at radius 1 is 0.840 bits per heavy atom. The van der Waals surface area contributed by atoms with E-state index in [1.54, 1.807) is 0 Å². The quantitative estimate of drug-likeness (QED) is 0.451. The van der Waals surface area contributed by atoms with Crippen LogP contribution in [-0.2, 0) is 4.79 Å². The Labute approximate surface area is 158 Å². The van der Waals surface area contributed by atoms with Gasteiger partial charge in [-0.1, -0.05) is 68.7 Å². The van der Waals surface area contributed by atoms with Crippen LogP contribution in [0, 0.1) is 22.2 Å². The SMILES string of the molecule is CCCC(=O)NC(C)(C)C(C)(C)C(CCC)C(C)(C)CCC(C)(C)C. The average molecular weight is 354 g/mol. The molecule has 1 atom stereocenters. The van der Waals surface area contributed by atoms with Gasteiger partial charge in [0.25, 0.3) is 0 Å². The number of amides is 1. The van der Waals surface area contributed by atoms with E-state index in [-0.39, 0.29) is 22.3 Å². The number of carbonyl (C=O) groups is 1. The van der Waals surface area contributed by atoms with Gasteiger partial charge in [-0.05, 0) is 61.7 Å². The van der Waals surface area contributed by atoms with Gasteiger partial charge in [-0.25, -0.2) is 0 Å². The van der Waals surface area contributed by atoms with Gasteiger partial charge in [0.05, 0.1) is 0 Å². The number of rotatable bonds is 10. The Bertz CT molecular complexity index is 412. The van der Waals surface area contributed by atoms with Crippen LogP contribution in [0.25, 0.3) is 0 Å². The molecule has 0 spiro atoms. The maximum absolute atomic E-state index is 12.3. The van der Waals surface area contributed by atoms with Gasteiger partial charge in [0.15, 0.2) is 0 Å². The van der Waals surface area contributed by atoms with Gasteiger partial charge in [0.1, 0.15) is 0 Å². The third-order valence-electron chi connectivity index (χ3n) is 6.45. The predicted molar refractivity (Wildman–Crippen MR) is 112 cm³/mol. The summed E-state index contributed by atoms with van der Waals surface area (Å²) < 4.78 is 0. The molecule has 0 radical (unpaired) electrons. The molecular weight excluding hydrogens is 306 g/mol. The molecular formula is C23H47NO. The second-order valence-electron chi connectivity index (χ2n) is 11.0. The van der Waals surface area contributed by atoms with Gasteiger partial charge < -0.3 is 5.32 Å². The van der Waals surface area contributed by atoms with Crippen molar-refractivity contribution in [3.63, 3.8) is 0 Å². The van der Waals surface area contributed by atoms with Gasteiger partial charge in [0.2, 0.25) is 5.91 Å². The molecule has 0 aromatic rings. The van der Waals surface area contributed by atoms with Crippen molar-refractivity contribution in [2.45, 2.75) is 120 Å². The van der Waals surface area contributed by atoms with Crippen LogP contribution in [0.15, 0.2) is 0 Å². The van der Waals surface area contributed by atoms with E-state index in [0.717, 1.165) is 6.42 Å². The fraction of sp³-hybridized carbons (Fsp3) is 0.957. The van der Waals surface area contributed by atoms with E-state index in [9.17, 15) is 4.79 Å². The molecule has 2 nitrogen and oxygen atoms in total. The van der Waals surface area contributed by atoms with Crippen molar-refractivity contribution < 1.29 is 4.79 Å². The molecule has 0 saturated heterocycles. The zero-order chi connectivity index (χ0) is 20.1. The number of hydrogen-bond donors (Lipinski definition) is 1. The highest BCUT2D eigenvalue weighted by molar-refractivity contribution is 5.76. The number of hydrogen-bond acceptors (Lipinski definition) is 1. The van der Waals surface area contributed by atoms with Gasteiger partial charge >= 0.3 is 0 Å². The first-order valence-electron chi connectivity index (χ1n) is 10.4. The van der Waals surface area contributed by atoms with E-state index in [1.807, 2.05) is 0 Å². The zero-order valence-corrected chi connectivity index (χ0v) is 19.2. The molecule has 150 valence electrons. The molecule has 1 amide bonds. The highest BCUT2D eigenvalue weighted by Crippen LogP contribution is 2.51. The lowest BCUT2D eigenvalue weighted by Crippen LogP contribution is -2.58. The fourth-order valence-electron chi connectivity index (χ4n) is 4.12. The first-order chi connectivity index (χ1) is 11.1. The van der Waals surface area contributed by atoms with E-state index in [1.165, 1.54) is 25.7 Å². The van der Waals surface area contributed by atoms with Crippen LogP contribution in [-0.4, -0.2) is 11.4 Å². The average Bonchev–Trinajstić information content (AvgIpc) is 2.41. The molecule has 0 aromatic heterocycles. The highest BCUT2D eigenvalue weighted by Gasteiger charge is 2.48. The number of carbonyl (C=O) groups excluding carboxylic acids is 1. The molecule has 25 heavy (non-hydrogen) atoms. The van der Waals surface area contributed by atoms with Crippen LogP contribution in [0.1, 0.15) is 115 Å². The Balaban J connectivity index is 5.53. The van der Waals surface area contributed by atoms with E-state index < -0.39 is 0 Å². The van der Waals surface area contributed by atoms with Gasteiger partial charge in [-0.2, -0.15) is 0 Å². The lowest BCUT2D eigenvalue weighted by molar-refractivity contribution is -0.125. The normalized spacial score (nSPS) is 15.2. The predicted octanol–water partition coefficient (Wildman–Crippen LogP) is 6.98. The molecule has 0 rings (SSSR count). The Morgan fingerprint density at radius 3 is 1.76 bits per heavy atom. The zero-order valence-electron chi connectivity index (χ0n) is 19.2. The minimum atomic E-state index is -0.224. The largest absolute Gasteiger partial charge is 0.351 e. The fourth-order valence-corrected chi connectivity index (χ4v) is 4.12. The minimum absolute atomic E-state index is 0.0216. The molecule has 0 fully saturated rings. The molecule has 2 heteroatoms. The Kier molecular flexibility index (Phi) is 8.72. The van der Waals surface area contributed by atoms with Crippen LogP contribution in [0.2, 0.25) is 0 Å². The standard InChI is InChI=1S/C23H47NO/c1-12-14-18(21(6,7)17-16-20(3,4)5)22(8,9)23(10,11)24-19(25)15-13-2/h18H,12-17H2,1-11H3,(H,24,25). The van der Waals surface area contributed by atoms with Crippen molar-refractivity contribution in [1.82, 2.24) is 5.32 Å². The third kappa shape index (κ3) is 7.31. The van der Waals surface area contributed by atoms with Crippen molar-refractivity contribution in [2.75, 3.05) is 0 Å². The van der Waals surface area contributed by atoms with Gasteiger partial charge in [-0.15, -0.1) is 0 Å². The minimum Gasteiger partial charge on any atom is -0.351 e. The lowest BCUT2D eigenvalue weighted by atomic mass is 9.55. The molecule has 0 aliphatic rings. The van der Waals surface area contributed by atoms with Gasteiger partial charge in [-0.3, -0.25) is 4.79 Å². The van der Waals surface area contributed by atoms with Crippen LogP contribution < -0.4 is 5.32 Å². The van der Waals surface area contributed by atoms with E-state index in [4.69, 9.17) is 0 Å². The summed E-state index contributed by atoms with van der Waals surface area (Å²) in [4.78, 5) is 12.3. The molecule has 0 heterocycles. The van der Waals surface area contributed by atoms with Crippen LogP contribution >= 0.6 is 0 Å². The second kappa shape index (κ2) is 8.91. The molecule has 1 N–H and O–H groups in total. The molecule has 0 bridgehead atoms. The third-order valence-corrected chi connectivity index (χ3v) is 6.45. The van der Waals surface area contributed by atoms with E-state index in [0.29, 0.717) is 17.8 Å². The van der Waals surface area contributed by atoms with Crippen molar-refractivity contribution in [3.8, 4) is 0 Å². The molecule has 0 aromatic carbocycles. The monoisotopic (exact) mass is 353 g/mol. The second-order valence-corrected chi connectivity index (χ2v) is 11.0. The van der Waals surface area contributed by atoms with Crippen molar-refractivity contribution in [3.05, 3.63) is 0 Å². The van der Waals surface area contributed by atoms with E-state index in [2.05, 4.69) is 81.5 Å². The summed E-state index contributed by atoms with van der Waals surface area (Å²) in [7, 11) is 0. The maximum atomic E-state index is 12.3. The van der Waals surface area contributed by atoms with Crippen molar-refractivity contribution >= 4 is 5.91 Å². The Morgan fingerprint density at radius 2 is 1.36 bits per heavy atom. The molecule has 0 saturated carbocycles. The van der Waals surface area contributed by atoms with E-state index >= 15 is 0 Å². The summed E-state index contributed by atoms with van der Waals surface area (Å²) in [5.41, 5.74) is 0.411. The molecule has 0 aliphatic carbocycles. The first kappa shape index (κ1) is 24.5. The summed E-state index contributed by atoms with van der Waals surface area (Å²) in [6.45, 7) is 25.4. The lowest BCUT2D eigenvalue weighted by Gasteiger charge is -2.53. The number of nitrogens with one attached hydrogen (secondary N) is 1. The summed E-state index contributed by atoms with van der Waals surface area (Å²) in [5.74, 6) is 0.743. The topological polar surface area (TPSA) is 29.1 Å². The summed E-state index contributed by atoms with van der Waals surface area (Å²) in [5, 5.41) is 3.34. The van der Waals surface area contributed by atoms with Gasteiger partial charge in [0, 0.05) is 12.0 Å². The van der Waals surface area contributed by atoms with Crippen LogP contribution in [0.4, 0.5) is 0 Å². The van der Waals surface area contributed by atoms with Crippen molar-refractivity contribution in [1.29, 1.82) is 0 Å².